The Bertz CT molecular complexity index is 1040. The summed E-state index contributed by atoms with van der Waals surface area (Å²) in [7, 11) is 1.99. The number of anilines is 1. The molecule has 0 aliphatic carbocycles. The highest BCUT2D eigenvalue weighted by atomic mass is 16.7. The van der Waals surface area contributed by atoms with Gasteiger partial charge in [0.05, 0.1) is 0 Å². The number of ether oxygens (including phenoxy) is 2. The third kappa shape index (κ3) is 5.30. The molecule has 0 saturated carbocycles. The lowest BCUT2D eigenvalue weighted by molar-refractivity contribution is -0.121. The number of fused-ring (bicyclic) bond motifs is 1. The highest BCUT2D eigenvalue weighted by Gasteiger charge is 2.14. The number of aromatic nitrogens is 4. The van der Waals surface area contributed by atoms with Gasteiger partial charge < -0.3 is 19.7 Å². The number of nitrogens with one attached hydrogen (secondary N) is 1. The van der Waals surface area contributed by atoms with Gasteiger partial charge in [-0.15, -0.1) is 0 Å². The van der Waals surface area contributed by atoms with Crippen molar-refractivity contribution in [3.8, 4) is 17.4 Å². The van der Waals surface area contributed by atoms with E-state index in [-0.39, 0.29) is 12.7 Å². The van der Waals surface area contributed by atoms with E-state index in [4.69, 9.17) is 9.47 Å². The van der Waals surface area contributed by atoms with E-state index in [9.17, 15) is 4.79 Å². The molecule has 9 nitrogen and oxygen atoms in total. The standard InChI is InChI=1S/C22H26N6O3/c1-16-12-20(26-22(25-16)28-11-9-23-14-28)27(2)10-3-8-24-21(29)7-5-17-4-6-18-19(13-17)31-15-30-18/h4,6,9,11-14H,3,5,7-8,10,15H2,1-2H3,(H,24,29). The lowest BCUT2D eigenvalue weighted by atomic mass is 10.1. The SMILES string of the molecule is Cc1cc(N(C)CCCNC(=O)CCc2ccc3c(c2)OCO3)nc(-n2ccnc2)n1. The monoisotopic (exact) mass is 422 g/mol. The second kappa shape index (κ2) is 9.46. The van der Waals surface area contributed by atoms with Crippen LogP contribution in [0.3, 0.4) is 0 Å². The molecule has 2 aromatic heterocycles. The lowest BCUT2D eigenvalue weighted by Crippen LogP contribution is -2.28. The second-order valence-corrected chi connectivity index (χ2v) is 7.45. The van der Waals surface area contributed by atoms with Gasteiger partial charge in [-0.05, 0) is 37.5 Å². The summed E-state index contributed by atoms with van der Waals surface area (Å²) in [4.78, 5) is 27.4. The van der Waals surface area contributed by atoms with Crippen molar-refractivity contribution < 1.29 is 14.3 Å². The first-order chi connectivity index (χ1) is 15.1. The molecule has 1 N–H and O–H groups in total. The van der Waals surface area contributed by atoms with Gasteiger partial charge in [-0.2, -0.15) is 4.98 Å². The summed E-state index contributed by atoms with van der Waals surface area (Å²) >= 11 is 0. The molecular weight excluding hydrogens is 396 g/mol. The largest absolute Gasteiger partial charge is 0.454 e. The zero-order valence-electron chi connectivity index (χ0n) is 17.7. The van der Waals surface area contributed by atoms with Gasteiger partial charge >= 0.3 is 0 Å². The van der Waals surface area contributed by atoms with Crippen LogP contribution < -0.4 is 19.7 Å². The van der Waals surface area contributed by atoms with Crippen molar-refractivity contribution in [1.82, 2.24) is 24.8 Å². The summed E-state index contributed by atoms with van der Waals surface area (Å²) in [5.74, 6) is 2.98. The molecule has 31 heavy (non-hydrogen) atoms. The minimum Gasteiger partial charge on any atom is -0.454 e. The van der Waals surface area contributed by atoms with Crippen LogP contribution >= 0.6 is 0 Å². The van der Waals surface area contributed by atoms with Gasteiger partial charge in [0.1, 0.15) is 12.1 Å². The van der Waals surface area contributed by atoms with Crippen molar-refractivity contribution in [2.45, 2.75) is 26.2 Å². The minimum atomic E-state index is 0.0422. The van der Waals surface area contributed by atoms with E-state index in [1.807, 2.05) is 44.4 Å². The lowest BCUT2D eigenvalue weighted by Gasteiger charge is -2.19. The van der Waals surface area contributed by atoms with Crippen LogP contribution in [0.2, 0.25) is 0 Å². The van der Waals surface area contributed by atoms with E-state index < -0.39 is 0 Å². The van der Waals surface area contributed by atoms with Gasteiger partial charge in [-0.25, -0.2) is 9.97 Å². The Balaban J connectivity index is 1.20. The average Bonchev–Trinajstić information content (AvgIpc) is 3.46. The first kappa shape index (κ1) is 20.6. The van der Waals surface area contributed by atoms with Crippen LogP contribution in [0.5, 0.6) is 11.5 Å². The van der Waals surface area contributed by atoms with Crippen molar-refractivity contribution in [2.24, 2.45) is 0 Å². The molecule has 1 aliphatic rings. The second-order valence-electron chi connectivity index (χ2n) is 7.45. The maximum Gasteiger partial charge on any atom is 0.237 e. The van der Waals surface area contributed by atoms with Gasteiger partial charge in [0.15, 0.2) is 11.5 Å². The number of nitrogens with zero attached hydrogens (tertiary/aromatic N) is 5. The van der Waals surface area contributed by atoms with Crippen LogP contribution in [0.4, 0.5) is 5.82 Å². The van der Waals surface area contributed by atoms with E-state index in [0.717, 1.165) is 41.5 Å². The van der Waals surface area contributed by atoms with Crippen LogP contribution in [0, 0.1) is 6.92 Å². The minimum absolute atomic E-state index is 0.0422. The Morgan fingerprint density at radius 2 is 2.10 bits per heavy atom. The van der Waals surface area contributed by atoms with Crippen LogP contribution in [-0.2, 0) is 11.2 Å². The number of hydrogen-bond donors (Lipinski definition) is 1. The molecule has 4 rings (SSSR count). The maximum atomic E-state index is 12.2. The Morgan fingerprint density at radius 1 is 1.23 bits per heavy atom. The van der Waals surface area contributed by atoms with E-state index in [0.29, 0.717) is 25.3 Å². The molecule has 3 aromatic rings. The summed E-state index contributed by atoms with van der Waals surface area (Å²) in [6.07, 6.45) is 7.11. The number of amides is 1. The van der Waals surface area contributed by atoms with Crippen molar-refractivity contribution in [3.05, 3.63) is 54.2 Å². The van der Waals surface area contributed by atoms with Gasteiger partial charge in [-0.1, -0.05) is 6.07 Å². The number of benzene rings is 1. The van der Waals surface area contributed by atoms with Crippen molar-refractivity contribution in [2.75, 3.05) is 31.8 Å². The molecule has 0 atom stereocenters. The summed E-state index contributed by atoms with van der Waals surface area (Å²) in [6, 6.07) is 7.74. The van der Waals surface area contributed by atoms with Crippen LogP contribution in [0.1, 0.15) is 24.1 Å². The zero-order chi connectivity index (χ0) is 21.6. The predicted molar refractivity (Wildman–Crippen MR) is 116 cm³/mol. The number of aryl methyl sites for hydroxylation is 2. The molecule has 162 valence electrons. The van der Waals surface area contributed by atoms with E-state index >= 15 is 0 Å². The third-order valence-electron chi connectivity index (χ3n) is 5.03. The van der Waals surface area contributed by atoms with Crippen molar-refractivity contribution in [3.63, 3.8) is 0 Å². The van der Waals surface area contributed by atoms with Gasteiger partial charge in [-0.3, -0.25) is 9.36 Å². The van der Waals surface area contributed by atoms with E-state index in [1.54, 1.807) is 17.1 Å². The maximum absolute atomic E-state index is 12.2. The molecule has 0 radical (unpaired) electrons. The summed E-state index contributed by atoms with van der Waals surface area (Å²) in [6.45, 7) is 3.58. The molecule has 0 bridgehead atoms. The summed E-state index contributed by atoms with van der Waals surface area (Å²) in [5, 5.41) is 2.99. The van der Waals surface area contributed by atoms with E-state index in [1.165, 1.54) is 0 Å². The number of hydrogen-bond acceptors (Lipinski definition) is 7. The Morgan fingerprint density at radius 3 is 2.94 bits per heavy atom. The zero-order valence-corrected chi connectivity index (χ0v) is 17.7. The fourth-order valence-electron chi connectivity index (χ4n) is 3.33. The number of carbonyl (C=O) groups excluding carboxylic acids is 1. The quantitative estimate of drug-likeness (QED) is 0.529. The normalized spacial score (nSPS) is 12.1. The van der Waals surface area contributed by atoms with Crippen LogP contribution in [0.15, 0.2) is 43.0 Å². The molecule has 3 heterocycles. The fourth-order valence-corrected chi connectivity index (χ4v) is 3.33. The first-order valence-electron chi connectivity index (χ1n) is 10.3. The first-order valence-corrected chi connectivity index (χ1v) is 10.3. The Hall–Kier alpha value is -3.62. The molecular formula is C22H26N6O3. The predicted octanol–water partition coefficient (Wildman–Crippen LogP) is 2.27. The molecule has 1 aromatic carbocycles. The molecule has 0 saturated heterocycles. The molecule has 0 spiro atoms. The molecule has 1 aliphatic heterocycles. The Labute approximate surface area is 181 Å². The number of rotatable bonds is 9. The van der Waals surface area contributed by atoms with E-state index in [2.05, 4.69) is 25.2 Å². The Kier molecular flexibility index (Phi) is 6.30. The third-order valence-corrected chi connectivity index (χ3v) is 5.03. The summed E-state index contributed by atoms with van der Waals surface area (Å²) < 4.78 is 12.5. The average molecular weight is 422 g/mol. The van der Waals surface area contributed by atoms with Crippen molar-refractivity contribution in [1.29, 1.82) is 0 Å². The number of carbonyl (C=O) groups is 1. The number of imidazole rings is 1. The molecule has 9 heteroatoms. The smallest absolute Gasteiger partial charge is 0.237 e. The van der Waals surface area contributed by atoms with Crippen molar-refractivity contribution >= 4 is 11.7 Å². The fraction of sp³-hybridized carbons (Fsp3) is 0.364. The topological polar surface area (TPSA) is 94.4 Å². The van der Waals surface area contributed by atoms with Crippen LogP contribution in [0.25, 0.3) is 5.95 Å². The highest BCUT2D eigenvalue weighted by molar-refractivity contribution is 5.76. The molecule has 0 fully saturated rings. The van der Waals surface area contributed by atoms with Crippen LogP contribution in [-0.4, -0.2) is 52.4 Å². The van der Waals surface area contributed by atoms with Gasteiger partial charge in [0.2, 0.25) is 18.6 Å². The van der Waals surface area contributed by atoms with Gasteiger partial charge in [0.25, 0.3) is 0 Å². The van der Waals surface area contributed by atoms with Gasteiger partial charge in [0, 0.05) is 50.7 Å². The molecule has 0 unspecified atom stereocenters. The molecule has 1 amide bonds. The summed E-state index contributed by atoms with van der Waals surface area (Å²) in [5.41, 5.74) is 1.95. The highest BCUT2D eigenvalue weighted by Crippen LogP contribution is 2.32.